The summed E-state index contributed by atoms with van der Waals surface area (Å²) >= 11 is 5.03. The van der Waals surface area contributed by atoms with Gasteiger partial charge in [-0.05, 0) is 48.0 Å². The number of benzene rings is 1. The number of nitrogens with zero attached hydrogens (tertiary/aromatic N) is 1. The molecule has 0 aromatic heterocycles. The SMILES string of the molecule is CC1(C)CSC(Nc2cc(F)ccc2Br)=N1. The maximum Gasteiger partial charge on any atom is 0.161 e. The summed E-state index contributed by atoms with van der Waals surface area (Å²) in [6.07, 6.45) is 0. The average Bonchev–Trinajstić information content (AvgIpc) is 2.52. The van der Waals surface area contributed by atoms with Crippen molar-refractivity contribution < 1.29 is 4.39 Å². The Hall–Kier alpha value is -0.550. The number of hydrogen-bond acceptors (Lipinski definition) is 3. The maximum absolute atomic E-state index is 13.1. The van der Waals surface area contributed by atoms with Crippen LogP contribution >= 0.6 is 27.7 Å². The van der Waals surface area contributed by atoms with E-state index in [0.717, 1.165) is 15.4 Å². The van der Waals surface area contributed by atoms with Gasteiger partial charge in [0, 0.05) is 10.2 Å². The largest absolute Gasteiger partial charge is 0.334 e. The quantitative estimate of drug-likeness (QED) is 0.851. The predicted molar refractivity (Wildman–Crippen MR) is 71.7 cm³/mol. The Labute approximate surface area is 107 Å². The molecule has 1 N–H and O–H groups in total. The normalized spacial score (nSPS) is 18.4. The first-order valence-electron chi connectivity index (χ1n) is 4.91. The minimum atomic E-state index is -0.256. The third-order valence-corrected chi connectivity index (χ3v) is 4.15. The lowest BCUT2D eigenvalue weighted by molar-refractivity contribution is 0.605. The smallest absolute Gasteiger partial charge is 0.161 e. The standard InChI is InChI=1S/C11H12BrFN2S/c1-11(2)6-16-10(15-11)14-9-5-7(13)3-4-8(9)12/h3-5H,6H2,1-2H3,(H,14,15). The number of nitrogens with one attached hydrogen (secondary N) is 1. The topological polar surface area (TPSA) is 24.4 Å². The summed E-state index contributed by atoms with van der Waals surface area (Å²) in [5, 5.41) is 3.98. The van der Waals surface area contributed by atoms with Gasteiger partial charge in [0.15, 0.2) is 5.17 Å². The van der Waals surface area contributed by atoms with E-state index in [1.807, 2.05) is 0 Å². The fourth-order valence-corrected chi connectivity index (χ4v) is 2.75. The van der Waals surface area contributed by atoms with E-state index in [2.05, 4.69) is 40.1 Å². The monoisotopic (exact) mass is 302 g/mol. The first-order valence-corrected chi connectivity index (χ1v) is 6.69. The van der Waals surface area contributed by atoms with Gasteiger partial charge in [0.25, 0.3) is 0 Å². The molecule has 1 aliphatic rings. The van der Waals surface area contributed by atoms with Gasteiger partial charge in [-0.25, -0.2) is 4.39 Å². The van der Waals surface area contributed by atoms with Crippen LogP contribution in [0.3, 0.4) is 0 Å². The van der Waals surface area contributed by atoms with Crippen LogP contribution in [0, 0.1) is 5.82 Å². The van der Waals surface area contributed by atoms with E-state index in [4.69, 9.17) is 0 Å². The highest BCUT2D eigenvalue weighted by atomic mass is 79.9. The number of aliphatic imine (C=N–C) groups is 1. The van der Waals surface area contributed by atoms with Crippen molar-refractivity contribution in [3.8, 4) is 0 Å². The van der Waals surface area contributed by atoms with E-state index in [1.54, 1.807) is 17.8 Å². The Bertz CT molecular complexity index is 446. The molecule has 0 saturated heterocycles. The third kappa shape index (κ3) is 2.77. The average molecular weight is 303 g/mol. The molecular weight excluding hydrogens is 291 g/mol. The van der Waals surface area contributed by atoms with E-state index < -0.39 is 0 Å². The van der Waals surface area contributed by atoms with Crippen molar-refractivity contribution in [2.45, 2.75) is 19.4 Å². The van der Waals surface area contributed by atoms with Crippen molar-refractivity contribution in [3.63, 3.8) is 0 Å². The molecule has 1 aromatic rings. The molecule has 5 heteroatoms. The Balaban J connectivity index is 2.19. The third-order valence-electron chi connectivity index (χ3n) is 2.14. The Morgan fingerprint density at radius 1 is 1.50 bits per heavy atom. The highest BCUT2D eigenvalue weighted by Gasteiger charge is 2.25. The summed E-state index contributed by atoms with van der Waals surface area (Å²) in [4.78, 5) is 4.51. The second kappa shape index (κ2) is 4.37. The van der Waals surface area contributed by atoms with Crippen molar-refractivity contribution in [2.75, 3.05) is 11.1 Å². The van der Waals surface area contributed by atoms with Gasteiger partial charge in [-0.1, -0.05) is 11.8 Å². The zero-order valence-electron chi connectivity index (χ0n) is 9.05. The summed E-state index contributed by atoms with van der Waals surface area (Å²) in [5.41, 5.74) is 0.677. The molecule has 0 saturated carbocycles. The summed E-state index contributed by atoms with van der Waals surface area (Å²) in [5.74, 6) is 0.691. The first kappa shape index (κ1) is 11.9. The molecule has 0 fully saturated rings. The number of rotatable bonds is 1. The summed E-state index contributed by atoms with van der Waals surface area (Å²) in [6.45, 7) is 4.16. The highest BCUT2D eigenvalue weighted by Crippen LogP contribution is 2.30. The second-order valence-corrected chi connectivity index (χ2v) is 6.09. The number of thioether (sulfide) groups is 1. The van der Waals surface area contributed by atoms with Crippen LogP contribution in [0.25, 0.3) is 0 Å². The molecule has 1 aliphatic heterocycles. The van der Waals surface area contributed by atoms with Gasteiger partial charge in [-0.15, -0.1) is 0 Å². The van der Waals surface area contributed by atoms with E-state index >= 15 is 0 Å². The van der Waals surface area contributed by atoms with Gasteiger partial charge in [0.2, 0.25) is 0 Å². The molecule has 16 heavy (non-hydrogen) atoms. The van der Waals surface area contributed by atoms with E-state index in [9.17, 15) is 4.39 Å². The lowest BCUT2D eigenvalue weighted by atomic mass is 10.1. The molecule has 0 radical (unpaired) electrons. The summed E-state index contributed by atoms with van der Waals surface area (Å²) in [7, 11) is 0. The van der Waals surface area contributed by atoms with Crippen LogP contribution in [0.1, 0.15) is 13.8 Å². The van der Waals surface area contributed by atoms with Crippen LogP contribution in [-0.2, 0) is 0 Å². The first-order chi connectivity index (χ1) is 7.46. The Morgan fingerprint density at radius 2 is 2.25 bits per heavy atom. The van der Waals surface area contributed by atoms with Gasteiger partial charge in [0.1, 0.15) is 5.82 Å². The van der Waals surface area contributed by atoms with Gasteiger partial charge in [0.05, 0.1) is 11.2 Å². The number of halogens is 2. The summed E-state index contributed by atoms with van der Waals surface area (Å²) < 4.78 is 13.9. The van der Waals surface area contributed by atoms with Crippen LogP contribution < -0.4 is 5.32 Å². The molecule has 2 rings (SSSR count). The molecule has 0 unspecified atom stereocenters. The molecule has 1 aromatic carbocycles. The van der Waals surface area contributed by atoms with Crippen molar-refractivity contribution in [1.29, 1.82) is 0 Å². The molecule has 0 spiro atoms. The van der Waals surface area contributed by atoms with E-state index in [0.29, 0.717) is 5.69 Å². The molecule has 0 atom stereocenters. The zero-order chi connectivity index (χ0) is 11.8. The number of amidine groups is 1. The molecule has 0 aliphatic carbocycles. The molecular formula is C11H12BrFN2S. The van der Waals surface area contributed by atoms with Crippen molar-refractivity contribution in [3.05, 3.63) is 28.5 Å². The van der Waals surface area contributed by atoms with Gasteiger partial charge >= 0.3 is 0 Å². The van der Waals surface area contributed by atoms with Crippen molar-refractivity contribution >= 4 is 38.5 Å². The lowest BCUT2D eigenvalue weighted by Gasteiger charge is -2.09. The Morgan fingerprint density at radius 3 is 2.88 bits per heavy atom. The second-order valence-electron chi connectivity index (χ2n) is 4.27. The fourth-order valence-electron chi connectivity index (χ4n) is 1.36. The Kier molecular flexibility index (Phi) is 3.26. The van der Waals surface area contributed by atoms with Crippen LogP contribution in [0.2, 0.25) is 0 Å². The minimum Gasteiger partial charge on any atom is -0.334 e. The minimum absolute atomic E-state index is 0.0349. The van der Waals surface area contributed by atoms with E-state index in [1.165, 1.54) is 12.1 Å². The molecule has 86 valence electrons. The maximum atomic E-state index is 13.1. The molecule has 0 bridgehead atoms. The summed E-state index contributed by atoms with van der Waals surface area (Å²) in [6, 6.07) is 4.56. The number of hydrogen-bond donors (Lipinski definition) is 1. The van der Waals surface area contributed by atoms with Gasteiger partial charge in [-0.2, -0.15) is 0 Å². The van der Waals surface area contributed by atoms with Gasteiger partial charge in [-0.3, -0.25) is 4.99 Å². The van der Waals surface area contributed by atoms with E-state index in [-0.39, 0.29) is 11.4 Å². The van der Waals surface area contributed by atoms with Crippen LogP contribution in [0.15, 0.2) is 27.7 Å². The predicted octanol–water partition coefficient (Wildman–Crippen LogP) is 3.88. The lowest BCUT2D eigenvalue weighted by Crippen LogP contribution is -2.15. The molecule has 0 amide bonds. The van der Waals surface area contributed by atoms with Gasteiger partial charge < -0.3 is 5.32 Å². The molecule has 1 heterocycles. The fraction of sp³-hybridized carbons (Fsp3) is 0.364. The van der Waals surface area contributed by atoms with Crippen LogP contribution in [-0.4, -0.2) is 16.5 Å². The number of anilines is 1. The van der Waals surface area contributed by atoms with Crippen LogP contribution in [0.5, 0.6) is 0 Å². The van der Waals surface area contributed by atoms with Crippen molar-refractivity contribution in [2.24, 2.45) is 4.99 Å². The van der Waals surface area contributed by atoms with Crippen molar-refractivity contribution in [1.82, 2.24) is 0 Å². The molecule has 2 nitrogen and oxygen atoms in total. The van der Waals surface area contributed by atoms with Crippen LogP contribution in [0.4, 0.5) is 10.1 Å². The highest BCUT2D eigenvalue weighted by molar-refractivity contribution is 9.10. The zero-order valence-corrected chi connectivity index (χ0v) is 11.5.